The molecule has 3 rings (SSSR count). The second kappa shape index (κ2) is 5.63. The first-order chi connectivity index (χ1) is 10.1. The zero-order valence-electron chi connectivity index (χ0n) is 12.3. The molecule has 2 aromatic rings. The van der Waals surface area contributed by atoms with Crippen LogP contribution in [0.3, 0.4) is 0 Å². The van der Waals surface area contributed by atoms with E-state index in [0.717, 1.165) is 30.9 Å². The summed E-state index contributed by atoms with van der Waals surface area (Å²) in [6.45, 7) is 5.24. The first-order valence-electron chi connectivity index (χ1n) is 7.22. The maximum absolute atomic E-state index is 12.2. The lowest BCUT2D eigenvalue weighted by atomic mass is 9.99. The van der Waals surface area contributed by atoms with E-state index in [0.29, 0.717) is 24.0 Å². The number of aryl methyl sites for hydroxylation is 3. The molecule has 0 bridgehead atoms. The molecule has 1 aliphatic rings. The fourth-order valence-corrected chi connectivity index (χ4v) is 2.76. The Labute approximate surface area is 123 Å². The van der Waals surface area contributed by atoms with Crippen LogP contribution in [0.1, 0.15) is 34.3 Å². The highest BCUT2D eigenvalue weighted by Crippen LogP contribution is 2.18. The third-order valence-corrected chi connectivity index (χ3v) is 3.78. The van der Waals surface area contributed by atoms with Crippen LogP contribution in [0.4, 0.5) is 0 Å². The van der Waals surface area contributed by atoms with Gasteiger partial charge >= 0.3 is 0 Å². The normalized spacial score (nSPS) is 17.3. The third kappa shape index (κ3) is 3.09. The van der Waals surface area contributed by atoms with Crippen LogP contribution in [0, 0.1) is 19.8 Å². The molecule has 0 radical (unpaired) electrons. The summed E-state index contributed by atoms with van der Waals surface area (Å²) in [5, 5.41) is 2.98. The van der Waals surface area contributed by atoms with Gasteiger partial charge in [0.15, 0.2) is 0 Å². The van der Waals surface area contributed by atoms with Gasteiger partial charge in [0.05, 0.1) is 0 Å². The second-order valence-electron chi connectivity index (χ2n) is 5.55. The van der Waals surface area contributed by atoms with Gasteiger partial charge in [-0.2, -0.15) is 0 Å². The van der Waals surface area contributed by atoms with Crippen LogP contribution in [0.15, 0.2) is 18.5 Å². The number of rotatable bonds is 3. The van der Waals surface area contributed by atoms with E-state index in [9.17, 15) is 4.79 Å². The molecule has 0 saturated heterocycles. The molecule has 0 aliphatic carbocycles. The fourth-order valence-electron chi connectivity index (χ4n) is 2.76. The minimum Gasteiger partial charge on any atom is -0.350 e. The van der Waals surface area contributed by atoms with Crippen molar-refractivity contribution in [3.05, 3.63) is 41.5 Å². The third-order valence-electron chi connectivity index (χ3n) is 3.78. The molecule has 1 amide bonds. The summed E-state index contributed by atoms with van der Waals surface area (Å²) in [5.74, 6) is 2.08. The molecule has 6 nitrogen and oxygen atoms in total. The summed E-state index contributed by atoms with van der Waals surface area (Å²) >= 11 is 0. The monoisotopic (exact) mass is 285 g/mol. The first kappa shape index (κ1) is 13.7. The molecule has 3 heterocycles. The van der Waals surface area contributed by atoms with Crippen molar-refractivity contribution in [2.45, 2.75) is 33.2 Å². The van der Waals surface area contributed by atoms with Crippen molar-refractivity contribution < 1.29 is 4.79 Å². The molecule has 0 fully saturated rings. The Morgan fingerprint density at radius 1 is 1.43 bits per heavy atom. The van der Waals surface area contributed by atoms with Gasteiger partial charge < -0.3 is 9.88 Å². The summed E-state index contributed by atoms with van der Waals surface area (Å²) in [5.41, 5.74) is 1.26. The molecule has 1 atom stereocenters. The molecule has 0 saturated carbocycles. The lowest BCUT2D eigenvalue weighted by Crippen LogP contribution is -2.34. The van der Waals surface area contributed by atoms with E-state index in [1.165, 1.54) is 0 Å². The van der Waals surface area contributed by atoms with E-state index in [1.54, 1.807) is 13.0 Å². The van der Waals surface area contributed by atoms with Crippen LogP contribution in [-0.4, -0.2) is 32.0 Å². The molecular formula is C15H19N5O. The number of hydrogen-bond acceptors (Lipinski definition) is 4. The van der Waals surface area contributed by atoms with Gasteiger partial charge in [-0.05, 0) is 32.3 Å². The summed E-state index contributed by atoms with van der Waals surface area (Å²) in [7, 11) is 0. The number of aromatic nitrogens is 4. The van der Waals surface area contributed by atoms with E-state index in [4.69, 9.17) is 0 Å². The summed E-state index contributed by atoms with van der Waals surface area (Å²) < 4.78 is 2.17. The largest absolute Gasteiger partial charge is 0.350 e. The highest BCUT2D eigenvalue weighted by molar-refractivity contribution is 5.92. The maximum atomic E-state index is 12.2. The minimum absolute atomic E-state index is 0.125. The number of amides is 1. The molecular weight excluding hydrogens is 266 g/mol. The van der Waals surface area contributed by atoms with Crippen molar-refractivity contribution in [2.75, 3.05) is 6.54 Å². The Bertz CT molecular complexity index is 644. The smallest absolute Gasteiger partial charge is 0.270 e. The summed E-state index contributed by atoms with van der Waals surface area (Å²) in [6, 6.07) is 1.72. The molecule has 1 N–H and O–H groups in total. The standard InChI is InChI=1S/C15H19N5O/c1-10-7-13(19-11(2)18-10)15(21)17-8-12-3-4-14-16-5-6-20(14)9-12/h5-7,12H,3-4,8-9H2,1-2H3,(H,17,21)/t12-/m1/s1. The number of imidazole rings is 1. The van der Waals surface area contributed by atoms with E-state index < -0.39 is 0 Å². The average molecular weight is 285 g/mol. The van der Waals surface area contributed by atoms with Crippen LogP contribution in [-0.2, 0) is 13.0 Å². The van der Waals surface area contributed by atoms with Crippen molar-refractivity contribution in [1.82, 2.24) is 24.8 Å². The average Bonchev–Trinajstić information content (AvgIpc) is 2.91. The number of carbonyl (C=O) groups is 1. The maximum Gasteiger partial charge on any atom is 0.270 e. The molecule has 1 aliphatic heterocycles. The molecule has 0 unspecified atom stereocenters. The van der Waals surface area contributed by atoms with Gasteiger partial charge in [-0.3, -0.25) is 4.79 Å². The van der Waals surface area contributed by atoms with Crippen LogP contribution in [0.2, 0.25) is 0 Å². The highest BCUT2D eigenvalue weighted by atomic mass is 16.1. The quantitative estimate of drug-likeness (QED) is 0.922. The van der Waals surface area contributed by atoms with Crippen molar-refractivity contribution in [3.63, 3.8) is 0 Å². The van der Waals surface area contributed by atoms with E-state index in [1.807, 2.05) is 19.3 Å². The summed E-state index contributed by atoms with van der Waals surface area (Å²) in [4.78, 5) is 24.9. The number of carbonyl (C=O) groups excluding carboxylic acids is 1. The van der Waals surface area contributed by atoms with Gasteiger partial charge in [0, 0.05) is 37.6 Å². The molecule has 110 valence electrons. The van der Waals surface area contributed by atoms with Gasteiger partial charge in [0.25, 0.3) is 5.91 Å². The Morgan fingerprint density at radius 3 is 3.10 bits per heavy atom. The van der Waals surface area contributed by atoms with Crippen molar-refractivity contribution in [1.29, 1.82) is 0 Å². The molecule has 6 heteroatoms. The van der Waals surface area contributed by atoms with Gasteiger partial charge in [-0.15, -0.1) is 0 Å². The Balaban J connectivity index is 1.59. The number of nitrogens with zero attached hydrogens (tertiary/aromatic N) is 4. The first-order valence-corrected chi connectivity index (χ1v) is 7.22. The zero-order valence-corrected chi connectivity index (χ0v) is 12.3. The van der Waals surface area contributed by atoms with Gasteiger partial charge in [0.1, 0.15) is 17.3 Å². The number of fused-ring (bicyclic) bond motifs is 1. The van der Waals surface area contributed by atoms with Gasteiger partial charge in [0.2, 0.25) is 0 Å². The zero-order chi connectivity index (χ0) is 14.8. The summed E-state index contributed by atoms with van der Waals surface area (Å²) in [6.07, 6.45) is 5.86. The van der Waals surface area contributed by atoms with E-state index in [-0.39, 0.29) is 5.91 Å². The van der Waals surface area contributed by atoms with Crippen molar-refractivity contribution in [3.8, 4) is 0 Å². The molecule has 0 spiro atoms. The fraction of sp³-hybridized carbons (Fsp3) is 0.467. The van der Waals surface area contributed by atoms with Gasteiger partial charge in [-0.1, -0.05) is 0 Å². The Kier molecular flexibility index (Phi) is 3.68. The van der Waals surface area contributed by atoms with E-state index in [2.05, 4.69) is 24.8 Å². The predicted molar refractivity (Wildman–Crippen MR) is 77.9 cm³/mol. The number of nitrogens with one attached hydrogen (secondary N) is 1. The van der Waals surface area contributed by atoms with Gasteiger partial charge in [-0.25, -0.2) is 15.0 Å². The second-order valence-corrected chi connectivity index (χ2v) is 5.55. The topological polar surface area (TPSA) is 72.7 Å². The van der Waals surface area contributed by atoms with Crippen molar-refractivity contribution in [2.24, 2.45) is 5.92 Å². The van der Waals surface area contributed by atoms with Crippen LogP contribution < -0.4 is 5.32 Å². The van der Waals surface area contributed by atoms with Crippen LogP contribution >= 0.6 is 0 Å². The van der Waals surface area contributed by atoms with E-state index >= 15 is 0 Å². The Hall–Kier alpha value is -2.24. The molecule has 21 heavy (non-hydrogen) atoms. The highest BCUT2D eigenvalue weighted by Gasteiger charge is 2.19. The van der Waals surface area contributed by atoms with Crippen LogP contribution in [0.5, 0.6) is 0 Å². The predicted octanol–water partition coefficient (Wildman–Crippen LogP) is 1.28. The Morgan fingerprint density at radius 2 is 2.29 bits per heavy atom. The molecule has 2 aromatic heterocycles. The lowest BCUT2D eigenvalue weighted by molar-refractivity contribution is 0.0938. The lowest BCUT2D eigenvalue weighted by Gasteiger charge is -2.23. The minimum atomic E-state index is -0.125. The van der Waals surface area contributed by atoms with Crippen LogP contribution in [0.25, 0.3) is 0 Å². The SMILES string of the molecule is Cc1cc(C(=O)NC[C@H]2CCc3nccn3C2)nc(C)n1. The van der Waals surface area contributed by atoms with Crippen molar-refractivity contribution >= 4 is 5.91 Å². The number of hydrogen-bond donors (Lipinski definition) is 1. The molecule has 0 aromatic carbocycles.